The number of hydrogen-bond donors (Lipinski definition) is 0. The first-order valence-electron chi connectivity index (χ1n) is 13.6. The lowest BCUT2D eigenvalue weighted by Gasteiger charge is -2.38. The van der Waals surface area contributed by atoms with Gasteiger partial charge in [0, 0.05) is 21.9 Å². The van der Waals surface area contributed by atoms with Crippen molar-refractivity contribution in [3.05, 3.63) is 133 Å². The lowest BCUT2D eigenvalue weighted by atomic mass is 10.1. The van der Waals surface area contributed by atoms with Gasteiger partial charge in [-0.05, 0) is 77.7 Å². The summed E-state index contributed by atoms with van der Waals surface area (Å²) in [6.45, 7) is 2.00. The van der Waals surface area contributed by atoms with Crippen molar-refractivity contribution >= 4 is 33.8 Å². The van der Waals surface area contributed by atoms with E-state index in [0.717, 1.165) is 78.1 Å². The highest BCUT2D eigenvalue weighted by Gasteiger charge is 2.44. The molecule has 196 valence electrons. The average Bonchev–Trinajstić information content (AvgIpc) is 3.02. The summed E-state index contributed by atoms with van der Waals surface area (Å²) in [4.78, 5) is 4.84. The first-order chi connectivity index (χ1) is 20.1. The molecule has 0 bridgehead atoms. The second-order valence-electron chi connectivity index (χ2n) is 10.4. The van der Waals surface area contributed by atoms with Crippen LogP contribution in [0.25, 0.3) is 33.5 Å². The molecule has 1 aromatic heterocycles. The molecule has 41 heavy (non-hydrogen) atoms. The number of aromatic nitrogens is 1. The minimum Gasteiger partial charge on any atom is -0.456 e. The number of benzene rings is 5. The van der Waals surface area contributed by atoms with Gasteiger partial charge in [0.05, 0.1) is 17.0 Å². The van der Waals surface area contributed by atoms with Gasteiger partial charge in [0.1, 0.15) is 23.0 Å². The fourth-order valence-corrected chi connectivity index (χ4v) is 10.4. The van der Waals surface area contributed by atoms with Crippen LogP contribution >= 0.6 is 6.04 Å². The third-order valence-corrected chi connectivity index (χ3v) is 12.7. The fourth-order valence-electron chi connectivity index (χ4n) is 5.85. The van der Waals surface area contributed by atoms with Crippen LogP contribution in [0.5, 0.6) is 23.0 Å². The Balaban J connectivity index is 1.43. The van der Waals surface area contributed by atoms with Crippen molar-refractivity contribution in [1.29, 1.82) is 0 Å². The van der Waals surface area contributed by atoms with Gasteiger partial charge >= 0.3 is 0 Å². The van der Waals surface area contributed by atoms with E-state index >= 15 is 0 Å². The highest BCUT2D eigenvalue weighted by molar-refractivity contribution is 8.26. The number of pyridine rings is 1. The molecule has 0 aliphatic carbocycles. The molecule has 8 rings (SSSR count). The van der Waals surface area contributed by atoms with Gasteiger partial charge in [-0.25, -0.2) is 0 Å². The van der Waals surface area contributed by atoms with Gasteiger partial charge in [0.2, 0.25) is 0 Å². The number of rotatable bonds is 3. The number of aryl methyl sites for hydroxylation is 1. The topological polar surface area (TPSA) is 31.4 Å². The normalized spacial score (nSPS) is 16.0. The maximum atomic E-state index is 6.94. The molecule has 3 heterocycles. The molecule has 0 N–H and O–H groups in total. The number of nitrogens with zero attached hydrogens (tertiary/aromatic N) is 1. The standard InChI is InChI=1S/C36H24NO2PS/c1-23-9-8-14-29(37-23)28-17-20-32-36-35(28)39-31-19-16-27(25-12-6-3-7-13-25)22-34(31)40(36,41)33-21-26(15-18-30(33)38-32)24-10-4-2-5-11-24/h2-22H,1H3. The van der Waals surface area contributed by atoms with Crippen LogP contribution in [0, 0.1) is 6.92 Å². The van der Waals surface area contributed by atoms with Crippen molar-refractivity contribution in [2.75, 3.05) is 0 Å². The molecule has 0 saturated heterocycles. The minimum absolute atomic E-state index is 0.750. The van der Waals surface area contributed by atoms with Crippen molar-refractivity contribution in [3.8, 4) is 56.5 Å². The van der Waals surface area contributed by atoms with Gasteiger partial charge in [-0.15, -0.1) is 0 Å². The maximum Gasteiger partial charge on any atom is 0.149 e. The van der Waals surface area contributed by atoms with Gasteiger partial charge in [-0.1, -0.05) is 90.7 Å². The van der Waals surface area contributed by atoms with Gasteiger partial charge in [0.15, 0.2) is 0 Å². The number of fused-ring (bicyclic) bond motifs is 4. The third kappa shape index (κ3) is 3.79. The second kappa shape index (κ2) is 9.27. The Morgan fingerprint density at radius 1 is 0.561 bits per heavy atom. The van der Waals surface area contributed by atoms with E-state index in [4.69, 9.17) is 26.3 Å². The zero-order chi connectivity index (χ0) is 27.6. The quantitative estimate of drug-likeness (QED) is 0.202. The van der Waals surface area contributed by atoms with Crippen LogP contribution < -0.4 is 25.4 Å². The van der Waals surface area contributed by atoms with Gasteiger partial charge < -0.3 is 9.47 Å². The Hall–Kier alpha value is -4.50. The van der Waals surface area contributed by atoms with E-state index < -0.39 is 6.04 Å². The molecule has 5 aromatic carbocycles. The van der Waals surface area contributed by atoms with Crippen LogP contribution in [-0.4, -0.2) is 4.98 Å². The van der Waals surface area contributed by atoms with E-state index in [-0.39, 0.29) is 0 Å². The fraction of sp³-hybridized carbons (Fsp3) is 0.0278. The summed E-state index contributed by atoms with van der Waals surface area (Å²) in [5, 5.41) is 3.06. The molecule has 0 fully saturated rings. The molecule has 0 saturated carbocycles. The summed E-state index contributed by atoms with van der Waals surface area (Å²) >= 11 is 6.94. The van der Waals surface area contributed by atoms with Crippen LogP contribution in [0.2, 0.25) is 0 Å². The molecule has 2 aliphatic heterocycles. The summed E-state index contributed by atoms with van der Waals surface area (Å²) in [6.07, 6.45) is 0. The van der Waals surface area contributed by atoms with Crippen molar-refractivity contribution in [2.24, 2.45) is 0 Å². The highest BCUT2D eigenvalue weighted by Crippen LogP contribution is 2.60. The molecular formula is C36H24NO2PS. The molecular weight excluding hydrogens is 541 g/mol. The Kier molecular flexibility index (Phi) is 5.50. The van der Waals surface area contributed by atoms with Crippen LogP contribution in [0.3, 0.4) is 0 Å². The predicted molar refractivity (Wildman–Crippen MR) is 172 cm³/mol. The van der Waals surface area contributed by atoms with Crippen molar-refractivity contribution < 1.29 is 9.47 Å². The van der Waals surface area contributed by atoms with Gasteiger partial charge in [0.25, 0.3) is 0 Å². The molecule has 3 nitrogen and oxygen atoms in total. The molecule has 0 spiro atoms. The molecule has 6 aromatic rings. The smallest absolute Gasteiger partial charge is 0.149 e. The minimum atomic E-state index is -2.61. The van der Waals surface area contributed by atoms with Gasteiger partial charge in [-0.3, -0.25) is 4.98 Å². The summed E-state index contributed by atoms with van der Waals surface area (Å²) in [6, 6.07) is 41.2. The average molecular weight is 566 g/mol. The van der Waals surface area contributed by atoms with E-state index in [1.807, 2.05) is 49.4 Å². The number of ether oxygens (including phenoxy) is 2. The first-order valence-corrected chi connectivity index (χ1v) is 16.4. The summed E-state index contributed by atoms with van der Waals surface area (Å²) in [7, 11) is 0. The molecule has 0 amide bonds. The summed E-state index contributed by atoms with van der Waals surface area (Å²) in [5.74, 6) is 3.12. The summed E-state index contributed by atoms with van der Waals surface area (Å²) < 4.78 is 13.4. The van der Waals surface area contributed by atoms with Crippen LogP contribution in [0.4, 0.5) is 0 Å². The third-order valence-electron chi connectivity index (χ3n) is 7.82. The zero-order valence-corrected chi connectivity index (χ0v) is 24.0. The lowest BCUT2D eigenvalue weighted by molar-refractivity contribution is 0.467. The largest absolute Gasteiger partial charge is 0.456 e. The van der Waals surface area contributed by atoms with E-state index in [0.29, 0.717) is 0 Å². The van der Waals surface area contributed by atoms with E-state index in [9.17, 15) is 0 Å². The second-order valence-corrected chi connectivity index (χ2v) is 14.6. The highest BCUT2D eigenvalue weighted by atomic mass is 32.4. The summed E-state index contributed by atoms with van der Waals surface area (Å²) in [5.41, 5.74) is 7.25. The van der Waals surface area contributed by atoms with E-state index in [1.165, 1.54) is 0 Å². The monoisotopic (exact) mass is 565 g/mol. The molecule has 2 aliphatic rings. The van der Waals surface area contributed by atoms with Gasteiger partial charge in [-0.2, -0.15) is 0 Å². The maximum absolute atomic E-state index is 6.94. The van der Waals surface area contributed by atoms with E-state index in [2.05, 4.69) is 84.9 Å². The molecule has 0 radical (unpaired) electrons. The first kappa shape index (κ1) is 24.3. The Bertz CT molecular complexity index is 1980. The number of hydrogen-bond acceptors (Lipinski definition) is 4. The predicted octanol–water partition coefficient (Wildman–Crippen LogP) is 8.36. The Labute approximate surface area is 244 Å². The van der Waals surface area contributed by atoms with Crippen LogP contribution in [-0.2, 0) is 11.8 Å². The Morgan fingerprint density at radius 2 is 1.15 bits per heavy atom. The zero-order valence-electron chi connectivity index (χ0n) is 22.2. The Morgan fingerprint density at radius 3 is 1.76 bits per heavy atom. The van der Waals surface area contributed by atoms with Crippen LogP contribution in [0.15, 0.2) is 127 Å². The van der Waals surface area contributed by atoms with Crippen molar-refractivity contribution in [2.45, 2.75) is 6.92 Å². The SMILES string of the molecule is Cc1cccc(-c2ccc3c4c2Oc2ccc(-c5ccccc5)cc2P4(=S)c2cc(-c4ccccc4)ccc2O3)n1. The van der Waals surface area contributed by atoms with Crippen molar-refractivity contribution in [1.82, 2.24) is 4.98 Å². The molecule has 5 heteroatoms. The lowest BCUT2D eigenvalue weighted by Crippen LogP contribution is -2.35. The van der Waals surface area contributed by atoms with Crippen LogP contribution in [0.1, 0.15) is 5.69 Å². The molecule has 1 atom stereocenters. The van der Waals surface area contributed by atoms with Crippen molar-refractivity contribution in [3.63, 3.8) is 0 Å². The van der Waals surface area contributed by atoms with E-state index in [1.54, 1.807) is 0 Å². The molecule has 1 unspecified atom stereocenters.